The number of piperazine rings is 1. The topological polar surface area (TPSA) is 97.2 Å². The number of nitriles is 1. The minimum Gasteiger partial charge on any atom is -0.369 e. The van der Waals surface area contributed by atoms with Gasteiger partial charge in [-0.25, -0.2) is 9.97 Å². The van der Waals surface area contributed by atoms with E-state index < -0.39 is 0 Å². The highest BCUT2D eigenvalue weighted by Crippen LogP contribution is 2.43. The lowest BCUT2D eigenvalue weighted by Gasteiger charge is -2.44. The molecular formula is C22H27N7O. The van der Waals surface area contributed by atoms with E-state index in [1.807, 2.05) is 11.0 Å². The van der Waals surface area contributed by atoms with Crippen LogP contribution in [0.1, 0.15) is 38.1 Å². The lowest BCUT2D eigenvalue weighted by atomic mass is 9.82. The summed E-state index contributed by atoms with van der Waals surface area (Å²) < 4.78 is 0. The molecule has 3 heterocycles. The molecule has 1 amide bonds. The largest absolute Gasteiger partial charge is 0.369 e. The van der Waals surface area contributed by atoms with Crippen molar-refractivity contribution in [3.05, 3.63) is 41.9 Å². The van der Waals surface area contributed by atoms with Crippen molar-refractivity contribution >= 4 is 23.1 Å². The predicted molar refractivity (Wildman–Crippen MR) is 116 cm³/mol. The van der Waals surface area contributed by atoms with Crippen LogP contribution in [0.3, 0.4) is 0 Å². The highest BCUT2D eigenvalue weighted by Gasteiger charge is 2.38. The first-order valence-corrected chi connectivity index (χ1v) is 10.4. The van der Waals surface area contributed by atoms with E-state index in [2.05, 4.69) is 57.5 Å². The Kier molecular flexibility index (Phi) is 5.55. The van der Waals surface area contributed by atoms with Crippen molar-refractivity contribution in [3.63, 3.8) is 0 Å². The van der Waals surface area contributed by atoms with Gasteiger partial charge in [-0.05, 0) is 25.1 Å². The second kappa shape index (κ2) is 8.28. The number of nitrogens with zero attached hydrogens (tertiary/aromatic N) is 5. The maximum atomic E-state index is 12.5. The van der Waals surface area contributed by atoms with Crippen LogP contribution in [-0.2, 0) is 4.79 Å². The first-order chi connectivity index (χ1) is 14.5. The van der Waals surface area contributed by atoms with Gasteiger partial charge in [0.15, 0.2) is 5.69 Å². The van der Waals surface area contributed by atoms with Gasteiger partial charge in [-0.3, -0.25) is 4.79 Å². The molecule has 2 N–H and O–H groups in total. The SMILES string of the molecule is CC(=O)N1c2ccc(N3CCNCC3)cc2[C@H](Nc2cnc(C#N)cn2)[C@@H](C)[C@@H]1C. The maximum Gasteiger partial charge on any atom is 0.224 e. The van der Waals surface area contributed by atoms with Crippen molar-refractivity contribution < 1.29 is 4.79 Å². The Bertz CT molecular complexity index is 962. The summed E-state index contributed by atoms with van der Waals surface area (Å²) >= 11 is 0. The van der Waals surface area contributed by atoms with E-state index in [4.69, 9.17) is 5.26 Å². The van der Waals surface area contributed by atoms with Crippen LogP contribution in [-0.4, -0.2) is 48.1 Å². The molecule has 2 aliphatic rings. The number of nitrogens with one attached hydrogen (secondary N) is 2. The Balaban J connectivity index is 1.74. The molecule has 1 aromatic carbocycles. The van der Waals surface area contributed by atoms with Crippen molar-refractivity contribution in [3.8, 4) is 6.07 Å². The van der Waals surface area contributed by atoms with Gasteiger partial charge in [-0.15, -0.1) is 0 Å². The van der Waals surface area contributed by atoms with E-state index in [0.29, 0.717) is 5.82 Å². The molecule has 30 heavy (non-hydrogen) atoms. The number of rotatable bonds is 3. The van der Waals surface area contributed by atoms with Crippen molar-refractivity contribution in [2.45, 2.75) is 32.9 Å². The first kappa shape index (κ1) is 20.1. The van der Waals surface area contributed by atoms with Gasteiger partial charge < -0.3 is 20.4 Å². The van der Waals surface area contributed by atoms with E-state index in [0.717, 1.165) is 37.4 Å². The standard InChI is InChI=1S/C22H27N7O/c1-14-15(2)29(16(3)30)20-5-4-18(28-8-6-24-7-9-28)10-19(20)22(14)27-21-13-25-17(11-23)12-26-21/h4-5,10,12-15,22,24H,6-9H2,1-3H3,(H,26,27)/t14-,15-,22+/m0/s1. The Morgan fingerprint density at radius 1 is 1.23 bits per heavy atom. The molecule has 0 aliphatic carbocycles. The summed E-state index contributed by atoms with van der Waals surface area (Å²) in [6.07, 6.45) is 3.06. The molecular weight excluding hydrogens is 378 g/mol. The van der Waals surface area contributed by atoms with Crippen LogP contribution in [0.25, 0.3) is 0 Å². The summed E-state index contributed by atoms with van der Waals surface area (Å²) in [5.74, 6) is 0.812. The molecule has 2 aliphatic heterocycles. The zero-order valence-corrected chi connectivity index (χ0v) is 17.6. The highest BCUT2D eigenvalue weighted by atomic mass is 16.2. The van der Waals surface area contributed by atoms with Crippen LogP contribution in [0.5, 0.6) is 0 Å². The summed E-state index contributed by atoms with van der Waals surface area (Å²) in [5, 5.41) is 15.9. The van der Waals surface area contributed by atoms with Gasteiger partial charge >= 0.3 is 0 Å². The Morgan fingerprint density at radius 3 is 2.63 bits per heavy atom. The van der Waals surface area contributed by atoms with Gasteiger partial charge in [0.25, 0.3) is 0 Å². The maximum absolute atomic E-state index is 12.5. The van der Waals surface area contributed by atoms with Crippen LogP contribution in [0.15, 0.2) is 30.6 Å². The molecule has 0 bridgehead atoms. The molecule has 0 spiro atoms. The predicted octanol–water partition coefficient (Wildman–Crippen LogP) is 2.30. The molecule has 1 fully saturated rings. The molecule has 8 nitrogen and oxygen atoms in total. The Labute approximate surface area is 176 Å². The van der Waals surface area contributed by atoms with Crippen molar-refractivity contribution in [1.29, 1.82) is 5.26 Å². The summed E-state index contributed by atoms with van der Waals surface area (Å²) in [7, 11) is 0. The molecule has 156 valence electrons. The van der Waals surface area contributed by atoms with Crippen LogP contribution in [0, 0.1) is 17.2 Å². The molecule has 2 aromatic rings. The van der Waals surface area contributed by atoms with E-state index >= 15 is 0 Å². The number of carbonyl (C=O) groups excluding carboxylic acids is 1. The Hall–Kier alpha value is -3.18. The second-order valence-corrected chi connectivity index (χ2v) is 7.99. The lowest BCUT2D eigenvalue weighted by Crippen LogP contribution is -2.48. The molecule has 1 saturated heterocycles. The third kappa shape index (κ3) is 3.68. The molecule has 0 saturated carbocycles. The number of aromatic nitrogens is 2. The van der Waals surface area contributed by atoms with Crippen LogP contribution in [0.4, 0.5) is 17.2 Å². The van der Waals surface area contributed by atoms with E-state index in [1.54, 1.807) is 13.1 Å². The quantitative estimate of drug-likeness (QED) is 0.809. The number of carbonyl (C=O) groups is 1. The minimum absolute atomic E-state index is 0.0314. The van der Waals surface area contributed by atoms with Crippen LogP contribution >= 0.6 is 0 Å². The van der Waals surface area contributed by atoms with E-state index in [-0.39, 0.29) is 29.6 Å². The van der Waals surface area contributed by atoms with Gasteiger partial charge in [0.05, 0.1) is 18.4 Å². The summed E-state index contributed by atoms with van der Waals surface area (Å²) in [6, 6.07) is 8.37. The first-order valence-electron chi connectivity index (χ1n) is 10.4. The average molecular weight is 406 g/mol. The van der Waals surface area contributed by atoms with Gasteiger partial charge in [0, 0.05) is 62.0 Å². The number of hydrogen-bond acceptors (Lipinski definition) is 7. The minimum atomic E-state index is -0.0318. The fourth-order valence-corrected chi connectivity index (χ4v) is 4.43. The lowest BCUT2D eigenvalue weighted by molar-refractivity contribution is -0.117. The van der Waals surface area contributed by atoms with Gasteiger partial charge in [-0.2, -0.15) is 5.26 Å². The number of anilines is 3. The van der Waals surface area contributed by atoms with Crippen LogP contribution < -0.4 is 20.4 Å². The molecule has 0 radical (unpaired) electrons. The van der Waals surface area contributed by atoms with Gasteiger partial charge in [0.1, 0.15) is 11.9 Å². The number of benzene rings is 1. The number of amides is 1. The highest BCUT2D eigenvalue weighted by molar-refractivity contribution is 5.94. The van der Waals surface area contributed by atoms with E-state index in [1.165, 1.54) is 11.9 Å². The molecule has 8 heteroatoms. The zero-order chi connectivity index (χ0) is 21.3. The molecule has 1 aromatic heterocycles. The summed E-state index contributed by atoms with van der Waals surface area (Å²) in [6.45, 7) is 9.70. The summed E-state index contributed by atoms with van der Waals surface area (Å²) in [4.78, 5) is 25.2. The second-order valence-electron chi connectivity index (χ2n) is 7.99. The fraction of sp³-hybridized carbons (Fsp3) is 0.455. The van der Waals surface area contributed by atoms with Crippen molar-refractivity contribution in [2.24, 2.45) is 5.92 Å². The number of hydrogen-bond donors (Lipinski definition) is 2. The zero-order valence-electron chi connectivity index (χ0n) is 17.6. The average Bonchev–Trinajstić information content (AvgIpc) is 2.77. The van der Waals surface area contributed by atoms with E-state index in [9.17, 15) is 4.79 Å². The molecule has 3 atom stereocenters. The molecule has 4 rings (SSSR count). The third-order valence-electron chi connectivity index (χ3n) is 6.19. The van der Waals surface area contributed by atoms with Gasteiger partial charge in [-0.1, -0.05) is 6.92 Å². The number of fused-ring (bicyclic) bond motifs is 1. The fourth-order valence-electron chi connectivity index (χ4n) is 4.43. The summed E-state index contributed by atoms with van der Waals surface area (Å²) in [5.41, 5.74) is 3.47. The van der Waals surface area contributed by atoms with Crippen molar-refractivity contribution in [2.75, 3.05) is 41.3 Å². The van der Waals surface area contributed by atoms with Crippen molar-refractivity contribution in [1.82, 2.24) is 15.3 Å². The monoisotopic (exact) mass is 405 g/mol. The molecule has 0 unspecified atom stereocenters. The van der Waals surface area contributed by atoms with Gasteiger partial charge in [0.2, 0.25) is 5.91 Å². The Morgan fingerprint density at radius 2 is 2.00 bits per heavy atom. The smallest absolute Gasteiger partial charge is 0.224 e. The van der Waals surface area contributed by atoms with Crippen LogP contribution in [0.2, 0.25) is 0 Å². The third-order valence-corrected chi connectivity index (χ3v) is 6.19. The normalized spacial score (nSPS) is 23.5.